The molecular weight excluding hydrogens is 360 g/mol. The Labute approximate surface area is 170 Å². The average Bonchev–Trinajstić information content (AvgIpc) is 2.77. The molecule has 3 aromatic rings. The van der Waals surface area contributed by atoms with Gasteiger partial charge in [-0.3, -0.25) is 14.7 Å². The van der Waals surface area contributed by atoms with Crippen molar-refractivity contribution in [1.82, 2.24) is 9.88 Å². The predicted molar refractivity (Wildman–Crippen MR) is 115 cm³/mol. The number of pyridine rings is 1. The second-order valence-corrected chi connectivity index (χ2v) is 7.58. The fraction of sp³-hybridized carbons (Fsp3) is 0.208. The molecule has 4 rings (SSSR count). The Morgan fingerprint density at radius 2 is 1.79 bits per heavy atom. The highest BCUT2D eigenvalue weighted by Gasteiger charge is 2.46. The number of rotatable bonds is 4. The van der Waals surface area contributed by atoms with Gasteiger partial charge < -0.3 is 5.73 Å². The third kappa shape index (κ3) is 3.51. The van der Waals surface area contributed by atoms with E-state index in [2.05, 4.69) is 11.1 Å². The monoisotopic (exact) mass is 384 g/mol. The number of nitrogens with zero attached hydrogens (tertiary/aromatic N) is 3. The van der Waals surface area contributed by atoms with E-state index in [-0.39, 0.29) is 17.8 Å². The normalized spacial score (nSPS) is 21.7. The highest BCUT2D eigenvalue weighted by atomic mass is 16.2. The van der Waals surface area contributed by atoms with Gasteiger partial charge in [0.15, 0.2) is 5.96 Å². The van der Waals surface area contributed by atoms with Crippen LogP contribution in [0.3, 0.4) is 0 Å². The molecular formula is C24H24N4O. The van der Waals surface area contributed by atoms with Gasteiger partial charge in [0, 0.05) is 19.4 Å². The van der Waals surface area contributed by atoms with Gasteiger partial charge in [0.25, 0.3) is 0 Å². The van der Waals surface area contributed by atoms with Crippen LogP contribution in [0.4, 0.5) is 0 Å². The molecule has 0 bridgehead atoms. The summed E-state index contributed by atoms with van der Waals surface area (Å²) in [6, 6.07) is 22.1. The number of carbonyl (C=O) groups is 1. The minimum absolute atomic E-state index is 0.0179. The van der Waals surface area contributed by atoms with Gasteiger partial charge in [-0.05, 0) is 47.7 Å². The summed E-state index contributed by atoms with van der Waals surface area (Å²) in [7, 11) is 1.69. The van der Waals surface area contributed by atoms with Crippen LogP contribution in [0.1, 0.15) is 18.1 Å². The molecule has 0 fully saturated rings. The van der Waals surface area contributed by atoms with Crippen molar-refractivity contribution < 1.29 is 4.79 Å². The van der Waals surface area contributed by atoms with Gasteiger partial charge in [0.2, 0.25) is 5.91 Å². The predicted octanol–water partition coefficient (Wildman–Crippen LogP) is 3.61. The fourth-order valence-electron chi connectivity index (χ4n) is 3.93. The maximum atomic E-state index is 13.2. The zero-order valence-electron chi connectivity index (χ0n) is 16.6. The van der Waals surface area contributed by atoms with Crippen LogP contribution in [0.15, 0.2) is 84.1 Å². The van der Waals surface area contributed by atoms with Crippen LogP contribution >= 0.6 is 0 Å². The molecule has 2 heterocycles. The lowest BCUT2D eigenvalue weighted by Gasteiger charge is -2.41. The lowest BCUT2D eigenvalue weighted by molar-refractivity contribution is -0.134. The highest BCUT2D eigenvalue weighted by molar-refractivity contribution is 6.00. The Morgan fingerprint density at radius 3 is 2.52 bits per heavy atom. The van der Waals surface area contributed by atoms with Gasteiger partial charge >= 0.3 is 0 Å². The summed E-state index contributed by atoms with van der Waals surface area (Å²) in [4.78, 5) is 23.7. The molecule has 0 saturated carbocycles. The van der Waals surface area contributed by atoms with Crippen molar-refractivity contribution in [3.63, 3.8) is 0 Å². The molecule has 2 aromatic carbocycles. The van der Waals surface area contributed by atoms with Crippen molar-refractivity contribution >= 4 is 11.9 Å². The molecule has 1 aromatic heterocycles. The number of aliphatic imine (C=N–C) groups is 1. The third-order valence-corrected chi connectivity index (χ3v) is 5.72. The standard InChI is InChI=1S/C24H24N4O/c1-24(20-12-6-10-18(15-20)19-11-7-13-26-16-19)21(14-17-8-4-3-5-9-17)22(29)28(2)23(25)27-24/h3-13,15-16,21H,14H2,1-2H3,(H2,25,27)/t21?,24-/m1/s1. The molecule has 2 N–H and O–H groups in total. The minimum Gasteiger partial charge on any atom is -0.369 e. The van der Waals surface area contributed by atoms with Gasteiger partial charge in [-0.25, -0.2) is 4.99 Å². The van der Waals surface area contributed by atoms with Crippen LogP contribution < -0.4 is 5.73 Å². The van der Waals surface area contributed by atoms with Crippen LogP contribution in [0.25, 0.3) is 11.1 Å². The van der Waals surface area contributed by atoms with Crippen molar-refractivity contribution in [3.05, 3.63) is 90.3 Å². The summed E-state index contributed by atoms with van der Waals surface area (Å²) >= 11 is 0. The summed E-state index contributed by atoms with van der Waals surface area (Å²) in [6.45, 7) is 2.00. The second-order valence-electron chi connectivity index (χ2n) is 7.58. The van der Waals surface area contributed by atoms with Crippen LogP contribution in [0, 0.1) is 5.92 Å². The lowest BCUT2D eigenvalue weighted by Crippen LogP contribution is -2.54. The summed E-state index contributed by atoms with van der Waals surface area (Å²) in [5.74, 6) is -0.129. The van der Waals surface area contributed by atoms with Crippen molar-refractivity contribution in [2.45, 2.75) is 18.9 Å². The lowest BCUT2D eigenvalue weighted by atomic mass is 9.74. The minimum atomic E-state index is -0.762. The van der Waals surface area contributed by atoms with E-state index in [0.717, 1.165) is 22.3 Å². The maximum absolute atomic E-state index is 13.2. The van der Waals surface area contributed by atoms with Crippen molar-refractivity contribution in [1.29, 1.82) is 0 Å². The third-order valence-electron chi connectivity index (χ3n) is 5.72. The Morgan fingerprint density at radius 1 is 1.03 bits per heavy atom. The van der Waals surface area contributed by atoms with E-state index in [9.17, 15) is 4.79 Å². The largest absolute Gasteiger partial charge is 0.369 e. The summed E-state index contributed by atoms with van der Waals surface area (Å²) in [5.41, 5.74) is 9.49. The number of guanidine groups is 1. The molecule has 2 atom stereocenters. The molecule has 1 aliphatic heterocycles. The van der Waals surface area contributed by atoms with E-state index in [1.807, 2.05) is 73.8 Å². The van der Waals surface area contributed by atoms with Crippen molar-refractivity contribution in [3.8, 4) is 11.1 Å². The zero-order chi connectivity index (χ0) is 20.4. The summed E-state index contributed by atoms with van der Waals surface area (Å²) in [5, 5.41) is 0. The van der Waals surface area contributed by atoms with Gasteiger partial charge in [0.05, 0.1) is 11.5 Å². The smallest absolute Gasteiger partial charge is 0.235 e. The molecule has 5 heteroatoms. The average molecular weight is 384 g/mol. The van der Waals surface area contributed by atoms with Crippen LogP contribution in [0.5, 0.6) is 0 Å². The van der Waals surface area contributed by atoms with Gasteiger partial charge in [-0.2, -0.15) is 0 Å². The summed E-state index contributed by atoms with van der Waals surface area (Å²) in [6.07, 6.45) is 4.18. The molecule has 1 unspecified atom stereocenters. The summed E-state index contributed by atoms with van der Waals surface area (Å²) < 4.78 is 0. The van der Waals surface area contributed by atoms with Gasteiger partial charge in [0.1, 0.15) is 0 Å². The number of hydrogen-bond acceptors (Lipinski definition) is 4. The molecule has 0 radical (unpaired) electrons. The van der Waals surface area contributed by atoms with E-state index in [1.165, 1.54) is 4.90 Å². The Bertz CT molecular complexity index is 1050. The Balaban J connectivity index is 1.81. The van der Waals surface area contributed by atoms with E-state index < -0.39 is 5.54 Å². The first-order chi connectivity index (χ1) is 14.0. The number of nitrogens with two attached hydrogens (primary N) is 1. The van der Waals surface area contributed by atoms with Gasteiger partial charge in [-0.1, -0.05) is 54.6 Å². The number of aromatic nitrogens is 1. The van der Waals surface area contributed by atoms with E-state index in [1.54, 1.807) is 13.2 Å². The number of carbonyl (C=O) groups excluding carboxylic acids is 1. The highest BCUT2D eigenvalue weighted by Crippen LogP contribution is 2.40. The maximum Gasteiger partial charge on any atom is 0.235 e. The molecule has 1 aliphatic rings. The second kappa shape index (κ2) is 7.51. The first kappa shape index (κ1) is 18.9. The molecule has 0 aliphatic carbocycles. The first-order valence-electron chi connectivity index (χ1n) is 9.67. The van der Waals surface area contributed by atoms with Crippen molar-refractivity contribution in [2.24, 2.45) is 16.6 Å². The van der Waals surface area contributed by atoms with E-state index >= 15 is 0 Å². The van der Waals surface area contributed by atoms with E-state index in [4.69, 9.17) is 10.7 Å². The quantitative estimate of drug-likeness (QED) is 0.747. The fourth-order valence-corrected chi connectivity index (χ4v) is 3.93. The van der Waals surface area contributed by atoms with Crippen LogP contribution in [0.2, 0.25) is 0 Å². The van der Waals surface area contributed by atoms with Crippen LogP contribution in [-0.4, -0.2) is 28.8 Å². The van der Waals surface area contributed by atoms with Crippen molar-refractivity contribution in [2.75, 3.05) is 7.05 Å². The molecule has 0 spiro atoms. The van der Waals surface area contributed by atoms with E-state index in [0.29, 0.717) is 6.42 Å². The van der Waals surface area contributed by atoms with Crippen LogP contribution in [-0.2, 0) is 16.8 Å². The number of hydrogen-bond donors (Lipinski definition) is 1. The molecule has 146 valence electrons. The Kier molecular flexibility index (Phi) is 4.89. The SMILES string of the molecule is CN1C(=O)C(Cc2ccccc2)[C@@](C)(c2cccc(-c3cccnc3)c2)N=C1N. The number of benzene rings is 2. The first-order valence-corrected chi connectivity index (χ1v) is 9.67. The Hall–Kier alpha value is -3.47. The zero-order valence-corrected chi connectivity index (χ0v) is 16.6. The molecule has 0 saturated heterocycles. The number of amides is 1. The molecule has 5 nitrogen and oxygen atoms in total. The van der Waals surface area contributed by atoms with Gasteiger partial charge in [-0.15, -0.1) is 0 Å². The molecule has 29 heavy (non-hydrogen) atoms. The topological polar surface area (TPSA) is 71.6 Å². The molecule has 1 amide bonds.